The molecule has 0 heterocycles. The van der Waals surface area contributed by atoms with Gasteiger partial charge in [-0.2, -0.15) is 25.3 Å². The Hall–Kier alpha value is 0.930. The molecule has 12 heavy (non-hydrogen) atoms. The van der Waals surface area contributed by atoms with Gasteiger partial charge in [0.25, 0.3) is 0 Å². The molecule has 0 saturated heterocycles. The number of hydrogen-bond acceptors (Lipinski definition) is 7. The normalized spacial score (nSPS) is 15.0. The van der Waals surface area contributed by atoms with Gasteiger partial charge >= 0.3 is 8.60 Å². The van der Waals surface area contributed by atoms with Gasteiger partial charge in [-0.3, -0.25) is 0 Å². The standard InChI is InChI=1S/C4H10O2S2.H3O3P/c5-3(1-7)4(6)2-8;1-4(2)3/h3-8H,1-2H2;1-3H/t3-,4-;/m1./s1. The summed E-state index contributed by atoms with van der Waals surface area (Å²) in [7, 11) is -2.62. The van der Waals surface area contributed by atoms with E-state index in [1.165, 1.54) is 0 Å². The van der Waals surface area contributed by atoms with Gasteiger partial charge in [0.15, 0.2) is 0 Å². The molecule has 0 radical (unpaired) electrons. The highest BCUT2D eigenvalue weighted by molar-refractivity contribution is 7.80. The third-order valence-corrected chi connectivity index (χ3v) is 1.57. The highest BCUT2D eigenvalue weighted by atomic mass is 32.1. The summed E-state index contributed by atoms with van der Waals surface area (Å²) in [5.74, 6) is 0.559. The number of aliphatic hydroxyl groups is 2. The molecule has 2 atom stereocenters. The lowest BCUT2D eigenvalue weighted by molar-refractivity contribution is 0.0504. The fourth-order valence-corrected chi connectivity index (χ4v) is 0.730. The second-order valence-electron chi connectivity index (χ2n) is 1.77. The third kappa shape index (κ3) is 13.5. The zero-order chi connectivity index (χ0) is 10.1. The molecular weight excluding hydrogens is 223 g/mol. The van der Waals surface area contributed by atoms with Gasteiger partial charge in [-0.1, -0.05) is 0 Å². The van der Waals surface area contributed by atoms with Crippen LogP contribution in [0.1, 0.15) is 0 Å². The summed E-state index contributed by atoms with van der Waals surface area (Å²) < 4.78 is 0. The van der Waals surface area contributed by atoms with Gasteiger partial charge in [0.2, 0.25) is 0 Å². The molecule has 0 aromatic rings. The molecule has 0 aliphatic carbocycles. The Morgan fingerprint density at radius 2 is 1.08 bits per heavy atom. The van der Waals surface area contributed by atoms with Gasteiger partial charge in [0, 0.05) is 11.5 Å². The second-order valence-corrected chi connectivity index (χ2v) is 3.04. The van der Waals surface area contributed by atoms with Crippen LogP contribution in [0.4, 0.5) is 0 Å². The van der Waals surface area contributed by atoms with Gasteiger partial charge in [0.05, 0.1) is 12.2 Å². The first-order valence-electron chi connectivity index (χ1n) is 2.90. The van der Waals surface area contributed by atoms with Crippen LogP contribution in [-0.2, 0) is 0 Å². The molecule has 0 aromatic carbocycles. The molecule has 0 bridgehead atoms. The van der Waals surface area contributed by atoms with E-state index < -0.39 is 20.8 Å². The Bertz CT molecular complexity index is 84.8. The summed E-state index contributed by atoms with van der Waals surface area (Å²) in [6.07, 6.45) is -1.48. The molecule has 0 rings (SSSR count). The predicted octanol–water partition coefficient (Wildman–Crippen LogP) is -1.24. The topological polar surface area (TPSA) is 101 Å². The van der Waals surface area contributed by atoms with Crippen molar-refractivity contribution in [2.45, 2.75) is 12.2 Å². The lowest BCUT2D eigenvalue weighted by Crippen LogP contribution is -2.28. The minimum absolute atomic E-state index is 0.279. The van der Waals surface area contributed by atoms with Crippen LogP contribution in [0, 0.1) is 0 Å². The molecule has 0 aromatic heterocycles. The lowest BCUT2D eigenvalue weighted by Gasteiger charge is -2.11. The van der Waals surface area contributed by atoms with E-state index in [9.17, 15) is 0 Å². The minimum atomic E-state index is -2.62. The van der Waals surface area contributed by atoms with E-state index in [0.29, 0.717) is 0 Å². The molecule has 0 spiro atoms. The van der Waals surface area contributed by atoms with E-state index in [1.807, 2.05) is 0 Å². The van der Waals surface area contributed by atoms with Crippen molar-refractivity contribution in [3.8, 4) is 0 Å². The van der Waals surface area contributed by atoms with Crippen LogP contribution >= 0.6 is 33.9 Å². The lowest BCUT2D eigenvalue weighted by atomic mass is 10.3. The summed E-state index contributed by atoms with van der Waals surface area (Å²) in [6, 6.07) is 0. The van der Waals surface area contributed by atoms with Crippen molar-refractivity contribution in [1.29, 1.82) is 0 Å². The fourth-order valence-electron chi connectivity index (χ4n) is 0.243. The van der Waals surface area contributed by atoms with E-state index in [2.05, 4.69) is 25.3 Å². The van der Waals surface area contributed by atoms with Gasteiger partial charge < -0.3 is 24.9 Å². The summed E-state index contributed by atoms with van der Waals surface area (Å²) in [5, 5.41) is 17.5. The van der Waals surface area contributed by atoms with Gasteiger partial charge in [-0.15, -0.1) is 0 Å². The first kappa shape index (κ1) is 15.4. The van der Waals surface area contributed by atoms with Crippen LogP contribution in [0.15, 0.2) is 0 Å². The molecule has 8 heteroatoms. The molecule has 0 aliphatic rings. The van der Waals surface area contributed by atoms with E-state index >= 15 is 0 Å². The first-order valence-corrected chi connectivity index (χ1v) is 5.36. The van der Waals surface area contributed by atoms with Crippen molar-refractivity contribution < 1.29 is 24.9 Å². The Kier molecular flexibility index (Phi) is 12.9. The van der Waals surface area contributed by atoms with Crippen molar-refractivity contribution in [1.82, 2.24) is 0 Å². The maximum absolute atomic E-state index is 8.75. The molecule has 76 valence electrons. The number of hydrogen-bond donors (Lipinski definition) is 7. The molecule has 0 amide bonds. The fraction of sp³-hybridized carbons (Fsp3) is 1.00. The molecule has 0 aliphatic heterocycles. The van der Waals surface area contributed by atoms with E-state index in [4.69, 9.17) is 24.9 Å². The molecule has 0 saturated carbocycles. The predicted molar refractivity (Wildman–Crippen MR) is 53.3 cm³/mol. The smallest absolute Gasteiger partial charge is 0.324 e. The average Bonchev–Trinajstić information content (AvgIpc) is 2.00. The zero-order valence-electron chi connectivity index (χ0n) is 6.15. The average molecular weight is 236 g/mol. The van der Waals surface area contributed by atoms with Crippen LogP contribution < -0.4 is 0 Å². The van der Waals surface area contributed by atoms with Crippen LogP contribution in [-0.4, -0.2) is 48.6 Å². The van der Waals surface area contributed by atoms with E-state index in [-0.39, 0.29) is 11.5 Å². The van der Waals surface area contributed by atoms with Crippen molar-refractivity contribution in [2.24, 2.45) is 0 Å². The highest BCUT2D eigenvalue weighted by Gasteiger charge is 2.10. The maximum atomic E-state index is 8.75. The Labute approximate surface area is 82.9 Å². The maximum Gasteiger partial charge on any atom is 0.324 e. The van der Waals surface area contributed by atoms with Crippen LogP contribution in [0.25, 0.3) is 0 Å². The SMILES string of the molecule is OP(O)O.O[C@H](CS)[C@H](O)CS. The largest absolute Gasteiger partial charge is 0.390 e. The molecule has 0 fully saturated rings. The second kappa shape index (κ2) is 10.0. The Balaban J connectivity index is 0. The Morgan fingerprint density at radius 1 is 0.917 bits per heavy atom. The van der Waals surface area contributed by atoms with Crippen molar-refractivity contribution in [3.63, 3.8) is 0 Å². The van der Waals surface area contributed by atoms with Gasteiger partial charge in [-0.25, -0.2) is 0 Å². The highest BCUT2D eigenvalue weighted by Crippen LogP contribution is 2.11. The summed E-state index contributed by atoms with van der Waals surface area (Å²) in [6.45, 7) is 0. The van der Waals surface area contributed by atoms with Crippen molar-refractivity contribution in [3.05, 3.63) is 0 Å². The zero-order valence-corrected chi connectivity index (χ0v) is 8.83. The third-order valence-electron chi connectivity index (χ3n) is 0.818. The molecular formula is C4H13O5PS2. The summed E-state index contributed by atoms with van der Waals surface area (Å²) in [4.78, 5) is 21.7. The van der Waals surface area contributed by atoms with Crippen molar-refractivity contribution >= 4 is 33.9 Å². The molecule has 5 nitrogen and oxygen atoms in total. The van der Waals surface area contributed by atoms with Crippen molar-refractivity contribution in [2.75, 3.05) is 11.5 Å². The van der Waals surface area contributed by atoms with E-state index in [1.54, 1.807) is 0 Å². The Morgan fingerprint density at radius 3 is 1.17 bits per heavy atom. The quantitative estimate of drug-likeness (QED) is 0.245. The molecule has 5 N–H and O–H groups in total. The van der Waals surface area contributed by atoms with Crippen LogP contribution in [0.3, 0.4) is 0 Å². The first-order chi connectivity index (χ1) is 5.45. The van der Waals surface area contributed by atoms with Crippen LogP contribution in [0.5, 0.6) is 0 Å². The number of thiol groups is 2. The van der Waals surface area contributed by atoms with Crippen LogP contribution in [0.2, 0.25) is 0 Å². The monoisotopic (exact) mass is 236 g/mol. The number of rotatable bonds is 3. The molecule has 0 unspecified atom stereocenters. The van der Waals surface area contributed by atoms with Gasteiger partial charge in [-0.05, 0) is 0 Å². The number of aliphatic hydroxyl groups excluding tert-OH is 2. The summed E-state index contributed by atoms with van der Waals surface area (Å²) in [5.41, 5.74) is 0. The minimum Gasteiger partial charge on any atom is -0.390 e. The van der Waals surface area contributed by atoms with E-state index in [0.717, 1.165) is 0 Å². The summed E-state index contributed by atoms with van der Waals surface area (Å²) >= 11 is 7.53. The van der Waals surface area contributed by atoms with Gasteiger partial charge in [0.1, 0.15) is 0 Å².